The van der Waals surface area contributed by atoms with E-state index in [0.717, 1.165) is 18.8 Å². The molecule has 0 saturated carbocycles. The third kappa shape index (κ3) is 3.94. The third-order valence-electron chi connectivity index (χ3n) is 2.87. The molecule has 1 amide bonds. The molecule has 0 unspecified atom stereocenters. The lowest BCUT2D eigenvalue weighted by Gasteiger charge is -2.24. The Hall–Kier alpha value is -1.77. The molecule has 17 heavy (non-hydrogen) atoms. The molecule has 0 aromatic heterocycles. The Labute approximate surface area is 102 Å². The summed E-state index contributed by atoms with van der Waals surface area (Å²) in [4.78, 5) is 13.8. The number of nitrogens with zero attached hydrogens (tertiary/aromatic N) is 1. The minimum atomic E-state index is -0.0678. The molecule has 0 radical (unpaired) electrons. The summed E-state index contributed by atoms with van der Waals surface area (Å²) in [7, 11) is 0. The quantitative estimate of drug-likeness (QED) is 0.810. The van der Waals surface area contributed by atoms with E-state index in [2.05, 4.69) is 10.2 Å². The lowest BCUT2D eigenvalue weighted by atomic mass is 10.1. The fourth-order valence-corrected chi connectivity index (χ4v) is 1.95. The average Bonchev–Trinajstić information content (AvgIpc) is 2.39. The number of benzene rings is 1. The van der Waals surface area contributed by atoms with E-state index in [1.165, 1.54) is 19.3 Å². The van der Waals surface area contributed by atoms with Gasteiger partial charge in [-0.15, -0.1) is 0 Å². The van der Waals surface area contributed by atoms with E-state index in [-0.39, 0.29) is 5.91 Å². The Bertz CT molecular complexity index is 380. The van der Waals surface area contributed by atoms with Crippen LogP contribution in [-0.2, 0) is 4.79 Å². The van der Waals surface area contributed by atoms with Crippen LogP contribution < -0.4 is 5.32 Å². The summed E-state index contributed by atoms with van der Waals surface area (Å²) in [5.74, 6) is -0.0678. The smallest absolute Gasteiger partial charge is 0.249 e. The van der Waals surface area contributed by atoms with Crippen LogP contribution in [0.4, 0.5) is 5.69 Å². The molecule has 1 N–H and O–H groups in total. The highest BCUT2D eigenvalue weighted by molar-refractivity contribution is 5.99. The Morgan fingerprint density at radius 2 is 1.82 bits per heavy atom. The number of piperidine rings is 1. The van der Waals surface area contributed by atoms with Gasteiger partial charge in [0.05, 0.1) is 0 Å². The van der Waals surface area contributed by atoms with Crippen LogP contribution in [0.3, 0.4) is 0 Å². The number of para-hydroxylation sites is 1. The fourth-order valence-electron chi connectivity index (χ4n) is 1.95. The predicted octanol–water partition coefficient (Wildman–Crippen LogP) is 2.62. The number of hydrogen-bond acceptors (Lipinski definition) is 2. The van der Waals surface area contributed by atoms with Crippen LogP contribution >= 0.6 is 0 Å². The Balaban J connectivity index is 1.82. The Kier molecular flexibility index (Phi) is 4.19. The van der Waals surface area contributed by atoms with E-state index >= 15 is 0 Å². The summed E-state index contributed by atoms with van der Waals surface area (Å²) < 4.78 is 0. The Morgan fingerprint density at radius 3 is 2.53 bits per heavy atom. The second kappa shape index (κ2) is 6.09. The Morgan fingerprint density at radius 1 is 1.12 bits per heavy atom. The zero-order valence-electron chi connectivity index (χ0n) is 9.93. The van der Waals surface area contributed by atoms with Gasteiger partial charge in [-0.2, -0.15) is 0 Å². The predicted molar refractivity (Wildman–Crippen MR) is 69.6 cm³/mol. The lowest BCUT2D eigenvalue weighted by molar-refractivity contribution is -0.112. The van der Waals surface area contributed by atoms with Gasteiger partial charge >= 0.3 is 0 Å². The molecule has 3 nitrogen and oxygen atoms in total. The first-order valence-corrected chi connectivity index (χ1v) is 6.13. The first-order valence-electron chi connectivity index (χ1n) is 6.13. The summed E-state index contributed by atoms with van der Waals surface area (Å²) in [5, 5.41) is 2.83. The number of likely N-dealkylation sites (tertiary alicyclic amines) is 1. The van der Waals surface area contributed by atoms with Gasteiger partial charge in [-0.05, 0) is 31.4 Å². The van der Waals surface area contributed by atoms with Crippen molar-refractivity contribution in [1.29, 1.82) is 0 Å². The van der Waals surface area contributed by atoms with E-state index in [1.807, 2.05) is 36.5 Å². The molecule has 0 bridgehead atoms. The van der Waals surface area contributed by atoms with E-state index in [0.29, 0.717) is 0 Å². The first kappa shape index (κ1) is 11.7. The van der Waals surface area contributed by atoms with Gasteiger partial charge in [-0.3, -0.25) is 4.79 Å². The van der Waals surface area contributed by atoms with Gasteiger partial charge in [-0.1, -0.05) is 18.2 Å². The molecule has 1 aliphatic rings. The summed E-state index contributed by atoms with van der Waals surface area (Å²) in [5.41, 5.74) is 0.834. The fraction of sp³-hybridized carbons (Fsp3) is 0.357. The molecule has 1 aromatic rings. The monoisotopic (exact) mass is 230 g/mol. The van der Waals surface area contributed by atoms with Crippen LogP contribution in [-0.4, -0.2) is 23.9 Å². The topological polar surface area (TPSA) is 32.3 Å². The average molecular weight is 230 g/mol. The normalized spacial score (nSPS) is 16.1. The highest BCUT2D eigenvalue weighted by atomic mass is 16.1. The number of carbonyl (C=O) groups excluding carboxylic acids is 1. The summed E-state index contributed by atoms with van der Waals surface area (Å²) in [6.45, 7) is 2.13. The molecule has 1 saturated heterocycles. The lowest BCUT2D eigenvalue weighted by Crippen LogP contribution is -2.24. The SMILES string of the molecule is O=C(C=CN1CCCCC1)Nc1ccccc1. The minimum Gasteiger partial charge on any atom is -0.377 e. The van der Waals surface area contributed by atoms with Crippen LogP contribution in [0, 0.1) is 0 Å². The molecule has 0 atom stereocenters. The molecule has 0 aliphatic carbocycles. The molecule has 1 aliphatic heterocycles. The number of carbonyl (C=O) groups is 1. The van der Waals surface area contributed by atoms with Crippen molar-refractivity contribution >= 4 is 11.6 Å². The van der Waals surface area contributed by atoms with Gasteiger partial charge in [0.1, 0.15) is 0 Å². The van der Waals surface area contributed by atoms with Crippen molar-refractivity contribution < 1.29 is 4.79 Å². The molecule has 1 heterocycles. The number of rotatable bonds is 3. The van der Waals surface area contributed by atoms with Crippen molar-refractivity contribution in [3.05, 3.63) is 42.6 Å². The maximum atomic E-state index is 11.6. The zero-order chi connectivity index (χ0) is 11.9. The van der Waals surface area contributed by atoms with Gasteiger partial charge in [0, 0.05) is 31.1 Å². The van der Waals surface area contributed by atoms with E-state index in [1.54, 1.807) is 6.08 Å². The third-order valence-corrected chi connectivity index (χ3v) is 2.87. The second-order valence-corrected chi connectivity index (χ2v) is 4.27. The molecule has 0 spiro atoms. The van der Waals surface area contributed by atoms with Gasteiger partial charge in [0.25, 0.3) is 0 Å². The van der Waals surface area contributed by atoms with Gasteiger partial charge in [-0.25, -0.2) is 0 Å². The van der Waals surface area contributed by atoms with Crippen molar-refractivity contribution in [2.45, 2.75) is 19.3 Å². The maximum Gasteiger partial charge on any atom is 0.249 e. The van der Waals surface area contributed by atoms with E-state index in [4.69, 9.17) is 0 Å². The van der Waals surface area contributed by atoms with Crippen molar-refractivity contribution in [1.82, 2.24) is 4.90 Å². The summed E-state index contributed by atoms with van der Waals surface area (Å²) in [6.07, 6.45) is 7.27. The van der Waals surface area contributed by atoms with Crippen molar-refractivity contribution in [3.8, 4) is 0 Å². The van der Waals surface area contributed by atoms with Crippen LogP contribution in [0.2, 0.25) is 0 Å². The molecule has 90 valence electrons. The summed E-state index contributed by atoms with van der Waals surface area (Å²) in [6, 6.07) is 9.51. The number of amides is 1. The minimum absolute atomic E-state index is 0.0678. The molecular formula is C14H18N2O. The van der Waals surface area contributed by atoms with Gasteiger partial charge in [0.15, 0.2) is 0 Å². The van der Waals surface area contributed by atoms with Gasteiger partial charge in [0.2, 0.25) is 5.91 Å². The van der Waals surface area contributed by atoms with Crippen LogP contribution in [0.1, 0.15) is 19.3 Å². The van der Waals surface area contributed by atoms with E-state index < -0.39 is 0 Å². The summed E-state index contributed by atoms with van der Waals surface area (Å²) >= 11 is 0. The van der Waals surface area contributed by atoms with Gasteiger partial charge < -0.3 is 10.2 Å². The second-order valence-electron chi connectivity index (χ2n) is 4.27. The maximum absolute atomic E-state index is 11.6. The largest absolute Gasteiger partial charge is 0.377 e. The highest BCUT2D eigenvalue weighted by Gasteiger charge is 2.05. The molecule has 1 fully saturated rings. The van der Waals surface area contributed by atoms with Crippen LogP contribution in [0.25, 0.3) is 0 Å². The molecule has 3 heteroatoms. The number of hydrogen-bond donors (Lipinski definition) is 1. The van der Waals surface area contributed by atoms with E-state index in [9.17, 15) is 4.79 Å². The standard InChI is InChI=1S/C14H18N2O/c17-14(15-13-7-3-1-4-8-13)9-12-16-10-5-2-6-11-16/h1,3-4,7-9,12H,2,5-6,10-11H2,(H,15,17). The van der Waals surface area contributed by atoms with Crippen LogP contribution in [0.15, 0.2) is 42.6 Å². The number of anilines is 1. The number of nitrogens with one attached hydrogen (secondary N) is 1. The van der Waals surface area contributed by atoms with Crippen molar-refractivity contribution in [2.75, 3.05) is 18.4 Å². The van der Waals surface area contributed by atoms with Crippen molar-refractivity contribution in [2.24, 2.45) is 0 Å². The zero-order valence-corrected chi connectivity index (χ0v) is 9.93. The van der Waals surface area contributed by atoms with Crippen molar-refractivity contribution in [3.63, 3.8) is 0 Å². The molecule has 1 aromatic carbocycles. The molecule has 2 rings (SSSR count). The highest BCUT2D eigenvalue weighted by Crippen LogP contribution is 2.09. The first-order chi connectivity index (χ1) is 8.34. The molecular weight excluding hydrogens is 212 g/mol. The van der Waals surface area contributed by atoms with Crippen LogP contribution in [0.5, 0.6) is 0 Å².